The number of carbonyl (C=O) groups is 2. The number of allylic oxidation sites excluding steroid dienone is 20. The number of ether oxygens (including phenoxy) is 2. The minimum atomic E-state index is -4.39. The van der Waals surface area contributed by atoms with Crippen LogP contribution in [0.15, 0.2) is 122 Å². The number of esters is 2. The Labute approximate surface area is 421 Å². The van der Waals surface area contributed by atoms with Crippen LogP contribution in [0, 0.1) is 0 Å². The van der Waals surface area contributed by atoms with Crippen LogP contribution in [-0.2, 0) is 32.7 Å². The largest absolute Gasteiger partial charge is 0.472 e. The zero-order valence-corrected chi connectivity index (χ0v) is 44.4. The van der Waals surface area contributed by atoms with E-state index in [1.165, 1.54) is 51.4 Å². The lowest BCUT2D eigenvalue weighted by Gasteiger charge is -2.19. The molecule has 0 aromatic carbocycles. The SMILES string of the molecule is CC/C=C\C/C=C\C/C=C\C/C=C\C/C=C\C/C=C\C/C=C\C/C=C\C/C=C\C/C=C\CCCCCCCCC(=O)OC(COC(=O)CCCCCCCCCCCCC)COP(=O)(O)OCCN. The lowest BCUT2D eigenvalue weighted by atomic mass is 10.1. The fourth-order valence-corrected chi connectivity index (χ4v) is 7.66. The van der Waals surface area contributed by atoms with Crippen molar-refractivity contribution >= 4 is 19.8 Å². The number of nitrogens with two attached hydrogens (primary N) is 1. The molecule has 2 atom stereocenters. The van der Waals surface area contributed by atoms with Crippen LogP contribution in [0.25, 0.3) is 0 Å². The topological polar surface area (TPSA) is 134 Å². The predicted octanol–water partition coefficient (Wildman–Crippen LogP) is 16.8. The van der Waals surface area contributed by atoms with Gasteiger partial charge in [-0.1, -0.05) is 225 Å². The van der Waals surface area contributed by atoms with Gasteiger partial charge in [0.25, 0.3) is 0 Å². The summed E-state index contributed by atoms with van der Waals surface area (Å²) in [6, 6.07) is 0. The molecule has 0 aliphatic carbocycles. The second-order valence-electron chi connectivity index (χ2n) is 17.4. The van der Waals surface area contributed by atoms with Crippen LogP contribution in [0.4, 0.5) is 0 Å². The molecule has 0 saturated carbocycles. The zero-order valence-electron chi connectivity index (χ0n) is 43.5. The summed E-state index contributed by atoms with van der Waals surface area (Å²) < 4.78 is 32.8. The highest BCUT2D eigenvalue weighted by Crippen LogP contribution is 2.43. The average Bonchev–Trinajstić information content (AvgIpc) is 3.34. The van der Waals surface area contributed by atoms with Crippen LogP contribution in [0.5, 0.6) is 0 Å². The van der Waals surface area contributed by atoms with Crippen molar-refractivity contribution in [2.45, 2.75) is 213 Å². The Hall–Kier alpha value is -3.59. The fraction of sp³-hybridized carbons (Fsp3) is 0.627. The normalized spacial score (nSPS) is 14.1. The van der Waals surface area contributed by atoms with Crippen molar-refractivity contribution in [2.24, 2.45) is 5.73 Å². The van der Waals surface area contributed by atoms with E-state index >= 15 is 0 Å². The Bertz CT molecular complexity index is 1540. The van der Waals surface area contributed by atoms with E-state index < -0.39 is 32.5 Å². The van der Waals surface area contributed by atoms with E-state index in [2.05, 4.69) is 135 Å². The summed E-state index contributed by atoms with van der Waals surface area (Å²) in [4.78, 5) is 35.0. The maximum Gasteiger partial charge on any atom is 0.472 e. The van der Waals surface area contributed by atoms with Gasteiger partial charge < -0.3 is 20.1 Å². The van der Waals surface area contributed by atoms with Crippen molar-refractivity contribution in [1.82, 2.24) is 0 Å². The average molecular weight is 980 g/mol. The van der Waals surface area contributed by atoms with E-state index in [0.29, 0.717) is 6.42 Å². The Kier molecular flexibility index (Phi) is 51.0. The maximum absolute atomic E-state index is 12.6. The summed E-state index contributed by atoms with van der Waals surface area (Å²) in [6.07, 6.45) is 74.0. The molecule has 0 aromatic rings. The molecule has 0 rings (SSSR count). The summed E-state index contributed by atoms with van der Waals surface area (Å²) >= 11 is 0. The highest BCUT2D eigenvalue weighted by atomic mass is 31.2. The van der Waals surface area contributed by atoms with Crippen molar-refractivity contribution in [2.75, 3.05) is 26.4 Å². The van der Waals surface area contributed by atoms with E-state index in [1.807, 2.05) is 0 Å². The zero-order chi connectivity index (χ0) is 50.2. The van der Waals surface area contributed by atoms with Gasteiger partial charge in [-0.05, 0) is 89.9 Å². The van der Waals surface area contributed by atoms with E-state index in [-0.39, 0.29) is 32.6 Å². The van der Waals surface area contributed by atoms with Gasteiger partial charge >= 0.3 is 19.8 Å². The summed E-state index contributed by atoms with van der Waals surface area (Å²) in [5, 5.41) is 0. The number of hydrogen-bond donors (Lipinski definition) is 2. The van der Waals surface area contributed by atoms with Crippen molar-refractivity contribution < 1.29 is 37.6 Å². The van der Waals surface area contributed by atoms with Crippen molar-refractivity contribution in [1.29, 1.82) is 0 Å². The lowest BCUT2D eigenvalue weighted by molar-refractivity contribution is -0.161. The molecule has 9 nitrogen and oxygen atoms in total. The van der Waals surface area contributed by atoms with Gasteiger partial charge in [-0.15, -0.1) is 0 Å². The number of hydrogen-bond acceptors (Lipinski definition) is 8. The quantitative estimate of drug-likeness (QED) is 0.0264. The molecule has 0 aliphatic rings. The van der Waals surface area contributed by atoms with Crippen LogP contribution in [0.1, 0.15) is 206 Å². The lowest BCUT2D eigenvalue weighted by Crippen LogP contribution is -2.29. The number of phosphoric acid groups is 1. The fourth-order valence-electron chi connectivity index (χ4n) is 6.90. The molecule has 0 spiro atoms. The predicted molar refractivity (Wildman–Crippen MR) is 293 cm³/mol. The molecule has 0 aromatic heterocycles. The number of rotatable bonds is 49. The number of unbranched alkanes of at least 4 members (excludes halogenated alkanes) is 16. The minimum Gasteiger partial charge on any atom is -0.462 e. The molecule has 0 radical (unpaired) electrons. The molecule has 10 heteroatoms. The van der Waals surface area contributed by atoms with Crippen molar-refractivity contribution in [3.05, 3.63) is 122 Å². The summed E-state index contributed by atoms with van der Waals surface area (Å²) in [6.45, 7) is 3.58. The van der Waals surface area contributed by atoms with Gasteiger partial charge in [-0.25, -0.2) is 4.57 Å². The maximum atomic E-state index is 12.6. The second-order valence-corrected chi connectivity index (χ2v) is 18.8. The Morgan fingerprint density at radius 2 is 0.797 bits per heavy atom. The monoisotopic (exact) mass is 980 g/mol. The molecule has 0 saturated heterocycles. The third-order valence-electron chi connectivity index (χ3n) is 10.9. The first-order valence-corrected chi connectivity index (χ1v) is 28.5. The molecule has 0 aliphatic heterocycles. The molecule has 0 fully saturated rings. The van der Waals surface area contributed by atoms with Crippen LogP contribution in [0.3, 0.4) is 0 Å². The summed E-state index contributed by atoms with van der Waals surface area (Å²) in [7, 11) is -4.39. The first-order chi connectivity index (χ1) is 33.8. The van der Waals surface area contributed by atoms with Gasteiger partial charge in [-0.2, -0.15) is 0 Å². The van der Waals surface area contributed by atoms with Crippen LogP contribution in [0.2, 0.25) is 0 Å². The first kappa shape index (κ1) is 65.4. The van der Waals surface area contributed by atoms with E-state index in [9.17, 15) is 19.0 Å². The smallest absolute Gasteiger partial charge is 0.462 e. The van der Waals surface area contributed by atoms with Gasteiger partial charge in [0.05, 0.1) is 13.2 Å². The molecular formula is C59H98NO8P. The molecule has 392 valence electrons. The standard InChI is InChI=1S/C59H98NO8P/c1-3-5-7-9-11-13-15-16-17-18-19-20-21-22-23-24-25-26-27-28-29-30-31-32-33-34-35-36-37-38-39-40-42-44-46-48-50-52-59(62)68-57(56-67-69(63,64)66-54-53-60)55-65-58(61)51-49-47-45-43-41-14-12-10-8-6-4-2/h5,7,11,13,16-17,19-20,22-23,25-26,28-29,31-32,34-35,37-38,57H,3-4,6,8-10,12,14-15,18,21,24,27,30,33,36,39-56,60H2,1-2H3,(H,63,64)/b7-5-,13-11-,17-16-,20-19-,23-22-,26-25-,29-28-,32-31-,35-34-,38-37-. The van der Waals surface area contributed by atoms with Gasteiger partial charge in [0, 0.05) is 19.4 Å². The number of carbonyl (C=O) groups excluding carboxylic acids is 2. The second kappa shape index (κ2) is 53.8. The minimum absolute atomic E-state index is 0.0458. The molecule has 0 heterocycles. The molecule has 0 amide bonds. The van der Waals surface area contributed by atoms with Crippen molar-refractivity contribution in [3.8, 4) is 0 Å². The van der Waals surface area contributed by atoms with Gasteiger partial charge in [0.2, 0.25) is 0 Å². The van der Waals surface area contributed by atoms with Gasteiger partial charge in [-0.3, -0.25) is 18.6 Å². The molecule has 2 unspecified atom stereocenters. The van der Waals surface area contributed by atoms with Gasteiger partial charge in [0.15, 0.2) is 6.10 Å². The summed E-state index contributed by atoms with van der Waals surface area (Å²) in [5.74, 6) is -0.852. The van der Waals surface area contributed by atoms with Crippen LogP contribution in [-0.4, -0.2) is 49.3 Å². The third-order valence-corrected chi connectivity index (χ3v) is 11.8. The first-order valence-electron chi connectivity index (χ1n) is 27.0. The molecule has 3 N–H and O–H groups in total. The molecular weight excluding hydrogens is 882 g/mol. The molecule has 69 heavy (non-hydrogen) atoms. The highest BCUT2D eigenvalue weighted by Gasteiger charge is 2.26. The van der Waals surface area contributed by atoms with Crippen molar-refractivity contribution in [3.63, 3.8) is 0 Å². The third kappa shape index (κ3) is 53.6. The highest BCUT2D eigenvalue weighted by molar-refractivity contribution is 7.47. The Balaban J connectivity index is 4.02. The number of phosphoric ester groups is 1. The Morgan fingerprint density at radius 3 is 1.19 bits per heavy atom. The van der Waals surface area contributed by atoms with E-state index in [4.69, 9.17) is 24.3 Å². The van der Waals surface area contributed by atoms with Crippen LogP contribution >= 0.6 is 7.82 Å². The van der Waals surface area contributed by atoms with Crippen LogP contribution < -0.4 is 5.73 Å². The van der Waals surface area contributed by atoms with Gasteiger partial charge in [0.1, 0.15) is 6.61 Å². The van der Waals surface area contributed by atoms with E-state index in [0.717, 1.165) is 122 Å². The molecule has 0 bridgehead atoms. The van der Waals surface area contributed by atoms with E-state index in [1.54, 1.807) is 0 Å². The summed E-state index contributed by atoms with van der Waals surface area (Å²) in [5.41, 5.74) is 5.36. The Morgan fingerprint density at radius 1 is 0.449 bits per heavy atom.